The Morgan fingerprint density at radius 3 is 3.17 bits per heavy atom. The molecule has 1 aromatic rings. The van der Waals surface area contributed by atoms with Gasteiger partial charge in [-0.05, 0) is 11.6 Å². The maximum Gasteiger partial charge on any atom is 0.338 e. The molecule has 0 atom stereocenters. The zero-order valence-electron chi connectivity index (χ0n) is 6.22. The van der Waals surface area contributed by atoms with Crippen LogP contribution in [0.3, 0.4) is 0 Å². The van der Waals surface area contributed by atoms with Crippen LogP contribution in [0.25, 0.3) is 10.4 Å². The Hall–Kier alpha value is -1.52. The molecule has 0 radical (unpaired) electrons. The van der Waals surface area contributed by atoms with Crippen molar-refractivity contribution < 1.29 is 9.53 Å². The van der Waals surface area contributed by atoms with Gasteiger partial charge in [-0.15, -0.1) is 11.3 Å². The van der Waals surface area contributed by atoms with Crippen LogP contribution in [0.4, 0.5) is 5.00 Å². The molecule has 0 unspecified atom stereocenters. The van der Waals surface area contributed by atoms with Gasteiger partial charge in [0.25, 0.3) is 0 Å². The number of ether oxygens (including phenoxy) is 1. The predicted octanol–water partition coefficient (Wildman–Crippen LogP) is 2.48. The monoisotopic (exact) mass is 183 g/mol. The SMILES string of the molecule is COC(=O)c1csc(N=[N+]=[N-])c1. The normalized spacial score (nSPS) is 8.75. The van der Waals surface area contributed by atoms with E-state index in [2.05, 4.69) is 14.8 Å². The summed E-state index contributed by atoms with van der Waals surface area (Å²) >= 11 is 1.20. The zero-order chi connectivity index (χ0) is 8.97. The van der Waals surface area contributed by atoms with E-state index in [-0.39, 0.29) is 0 Å². The molecule has 0 saturated heterocycles. The molecule has 1 heterocycles. The molecular formula is C6H5N3O2S. The molecule has 0 aliphatic carbocycles. The second kappa shape index (κ2) is 3.75. The number of hydrogen-bond donors (Lipinski definition) is 0. The summed E-state index contributed by atoms with van der Waals surface area (Å²) in [5.41, 5.74) is 8.48. The molecule has 0 fully saturated rings. The second-order valence-corrected chi connectivity index (χ2v) is 2.74. The third-order valence-electron chi connectivity index (χ3n) is 1.15. The second-order valence-electron chi connectivity index (χ2n) is 1.85. The quantitative estimate of drug-likeness (QED) is 0.305. The standard InChI is InChI=1S/C6H5N3O2S/c1-11-6(10)4-2-5(8-9-7)12-3-4/h2-3H,1H3. The van der Waals surface area contributed by atoms with Crippen LogP contribution in [-0.4, -0.2) is 13.1 Å². The van der Waals surface area contributed by atoms with Gasteiger partial charge in [-0.25, -0.2) is 4.79 Å². The van der Waals surface area contributed by atoms with Gasteiger partial charge in [-0.3, -0.25) is 0 Å². The zero-order valence-corrected chi connectivity index (χ0v) is 7.04. The van der Waals surface area contributed by atoms with Crippen molar-refractivity contribution in [2.24, 2.45) is 5.11 Å². The number of carbonyl (C=O) groups is 1. The highest BCUT2D eigenvalue weighted by Crippen LogP contribution is 2.23. The smallest absolute Gasteiger partial charge is 0.338 e. The fourth-order valence-electron chi connectivity index (χ4n) is 0.646. The van der Waals surface area contributed by atoms with Gasteiger partial charge >= 0.3 is 5.97 Å². The summed E-state index contributed by atoms with van der Waals surface area (Å²) in [6.45, 7) is 0. The Balaban J connectivity index is 2.91. The average molecular weight is 183 g/mol. The summed E-state index contributed by atoms with van der Waals surface area (Å²) in [4.78, 5) is 13.5. The van der Waals surface area contributed by atoms with E-state index in [1.165, 1.54) is 24.5 Å². The third-order valence-corrected chi connectivity index (χ3v) is 1.96. The van der Waals surface area contributed by atoms with E-state index in [1.54, 1.807) is 5.38 Å². The number of nitrogens with zero attached hydrogens (tertiary/aromatic N) is 3. The number of esters is 1. The van der Waals surface area contributed by atoms with Crippen LogP contribution in [0.15, 0.2) is 16.6 Å². The summed E-state index contributed by atoms with van der Waals surface area (Å²) in [7, 11) is 1.30. The third kappa shape index (κ3) is 1.75. The first-order valence-corrected chi connectivity index (χ1v) is 3.88. The molecule has 0 spiro atoms. The summed E-state index contributed by atoms with van der Waals surface area (Å²) in [6.07, 6.45) is 0. The molecule has 0 saturated carbocycles. The van der Waals surface area contributed by atoms with E-state index in [4.69, 9.17) is 5.53 Å². The van der Waals surface area contributed by atoms with Gasteiger partial charge in [-0.2, -0.15) is 0 Å². The Labute approximate surface area is 72.2 Å². The summed E-state index contributed by atoms with van der Waals surface area (Å²) in [6, 6.07) is 1.48. The number of methoxy groups -OCH3 is 1. The van der Waals surface area contributed by atoms with Crippen molar-refractivity contribution in [3.63, 3.8) is 0 Å². The van der Waals surface area contributed by atoms with Crippen LogP contribution in [0.1, 0.15) is 10.4 Å². The van der Waals surface area contributed by atoms with Crippen LogP contribution < -0.4 is 0 Å². The molecule has 0 bridgehead atoms. The summed E-state index contributed by atoms with van der Waals surface area (Å²) in [5, 5.41) is 5.37. The number of carbonyl (C=O) groups excluding carboxylic acids is 1. The van der Waals surface area contributed by atoms with Gasteiger partial charge in [-0.1, -0.05) is 5.11 Å². The van der Waals surface area contributed by atoms with Crippen molar-refractivity contribution >= 4 is 22.3 Å². The lowest BCUT2D eigenvalue weighted by Crippen LogP contribution is -1.97. The van der Waals surface area contributed by atoms with Gasteiger partial charge in [0.1, 0.15) is 0 Å². The van der Waals surface area contributed by atoms with Crippen LogP contribution in [0.2, 0.25) is 0 Å². The molecule has 0 aliphatic rings. The maximum absolute atomic E-state index is 10.9. The first-order valence-electron chi connectivity index (χ1n) is 3.00. The van der Waals surface area contributed by atoms with Gasteiger partial charge in [0.15, 0.2) is 0 Å². The van der Waals surface area contributed by atoms with Gasteiger partial charge in [0, 0.05) is 10.3 Å². The molecule has 1 rings (SSSR count). The van der Waals surface area contributed by atoms with Crippen molar-refractivity contribution in [2.75, 3.05) is 7.11 Å². The highest BCUT2D eigenvalue weighted by molar-refractivity contribution is 7.14. The Morgan fingerprint density at radius 1 is 1.83 bits per heavy atom. The lowest BCUT2D eigenvalue weighted by molar-refractivity contribution is 0.0601. The van der Waals surface area contributed by atoms with Crippen LogP contribution >= 0.6 is 11.3 Å². The van der Waals surface area contributed by atoms with Crippen molar-refractivity contribution in [1.82, 2.24) is 0 Å². The minimum absolute atomic E-state index is 0.407. The van der Waals surface area contributed by atoms with Crippen LogP contribution in [0.5, 0.6) is 0 Å². The number of rotatable bonds is 2. The maximum atomic E-state index is 10.9. The van der Waals surface area contributed by atoms with E-state index < -0.39 is 5.97 Å². The fraction of sp³-hybridized carbons (Fsp3) is 0.167. The predicted molar refractivity (Wildman–Crippen MR) is 44.5 cm³/mol. The average Bonchev–Trinajstić information content (AvgIpc) is 2.52. The molecule has 0 N–H and O–H groups in total. The van der Waals surface area contributed by atoms with E-state index >= 15 is 0 Å². The molecule has 0 amide bonds. The van der Waals surface area contributed by atoms with E-state index in [0.29, 0.717) is 10.6 Å². The van der Waals surface area contributed by atoms with E-state index in [0.717, 1.165) is 0 Å². The van der Waals surface area contributed by atoms with Crippen molar-refractivity contribution in [3.05, 3.63) is 27.5 Å². The fourth-order valence-corrected chi connectivity index (χ4v) is 1.34. The Kier molecular flexibility index (Phi) is 2.68. The Morgan fingerprint density at radius 2 is 2.58 bits per heavy atom. The largest absolute Gasteiger partial charge is 0.465 e. The molecule has 12 heavy (non-hydrogen) atoms. The molecule has 6 heteroatoms. The lowest BCUT2D eigenvalue weighted by Gasteiger charge is -1.90. The molecule has 1 aromatic heterocycles. The number of hydrogen-bond acceptors (Lipinski definition) is 4. The highest BCUT2D eigenvalue weighted by atomic mass is 32.1. The van der Waals surface area contributed by atoms with Crippen molar-refractivity contribution in [1.29, 1.82) is 0 Å². The highest BCUT2D eigenvalue weighted by Gasteiger charge is 2.06. The van der Waals surface area contributed by atoms with Crippen molar-refractivity contribution in [3.8, 4) is 0 Å². The number of thiophene rings is 1. The summed E-state index contributed by atoms with van der Waals surface area (Å²) < 4.78 is 4.46. The molecule has 0 aromatic carbocycles. The van der Waals surface area contributed by atoms with E-state index in [9.17, 15) is 4.79 Å². The summed E-state index contributed by atoms with van der Waals surface area (Å²) in [5.74, 6) is -0.425. The van der Waals surface area contributed by atoms with Gasteiger partial charge < -0.3 is 4.74 Å². The van der Waals surface area contributed by atoms with Crippen molar-refractivity contribution in [2.45, 2.75) is 0 Å². The van der Waals surface area contributed by atoms with Gasteiger partial charge in [0.05, 0.1) is 17.7 Å². The first kappa shape index (κ1) is 8.58. The molecule has 62 valence electrons. The van der Waals surface area contributed by atoms with E-state index in [1.807, 2.05) is 0 Å². The minimum Gasteiger partial charge on any atom is -0.465 e. The molecule has 5 nitrogen and oxygen atoms in total. The topological polar surface area (TPSA) is 75.1 Å². The minimum atomic E-state index is -0.425. The first-order chi connectivity index (χ1) is 5.77. The molecule has 0 aliphatic heterocycles. The van der Waals surface area contributed by atoms with Crippen LogP contribution in [0, 0.1) is 0 Å². The van der Waals surface area contributed by atoms with Gasteiger partial charge in [0.2, 0.25) is 0 Å². The number of azide groups is 1. The Bertz CT molecular complexity index is 340. The van der Waals surface area contributed by atoms with Crippen LogP contribution in [-0.2, 0) is 4.74 Å². The lowest BCUT2D eigenvalue weighted by atomic mass is 10.3. The molecular weight excluding hydrogens is 178 g/mol.